The molecule has 0 aliphatic carbocycles. The van der Waals surface area contributed by atoms with Gasteiger partial charge in [0.2, 0.25) is 0 Å². The fourth-order valence-corrected chi connectivity index (χ4v) is 4.32. The summed E-state index contributed by atoms with van der Waals surface area (Å²) in [6.07, 6.45) is 0. The lowest BCUT2D eigenvalue weighted by atomic mass is 10.0. The third-order valence-corrected chi connectivity index (χ3v) is 5.86. The van der Waals surface area contributed by atoms with Crippen molar-refractivity contribution in [1.29, 1.82) is 0 Å². The molecule has 0 saturated carbocycles. The molecule has 1 aromatic carbocycles. The van der Waals surface area contributed by atoms with E-state index in [-0.39, 0.29) is 11.9 Å². The van der Waals surface area contributed by atoms with E-state index in [9.17, 15) is 4.79 Å². The molecule has 25 heavy (non-hydrogen) atoms. The van der Waals surface area contributed by atoms with Crippen molar-refractivity contribution in [2.24, 2.45) is 0 Å². The Balaban J connectivity index is 1.74. The van der Waals surface area contributed by atoms with Crippen LogP contribution in [0.2, 0.25) is 0 Å². The zero-order chi connectivity index (χ0) is 17.8. The van der Waals surface area contributed by atoms with Gasteiger partial charge in [-0.05, 0) is 60.4 Å². The fourth-order valence-electron chi connectivity index (χ4n) is 2.78. The van der Waals surface area contributed by atoms with Crippen molar-refractivity contribution >= 4 is 28.6 Å². The van der Waals surface area contributed by atoms with E-state index in [0.717, 1.165) is 16.0 Å². The van der Waals surface area contributed by atoms with Gasteiger partial charge in [0.05, 0.1) is 10.9 Å². The molecule has 1 amide bonds. The van der Waals surface area contributed by atoms with Crippen LogP contribution in [0.15, 0.2) is 52.5 Å². The van der Waals surface area contributed by atoms with Gasteiger partial charge >= 0.3 is 0 Å². The summed E-state index contributed by atoms with van der Waals surface area (Å²) in [5.74, 6) is -0.00680. The number of carbonyl (C=O) groups is 1. The molecule has 5 heteroatoms. The maximum atomic E-state index is 12.7. The van der Waals surface area contributed by atoms with Crippen LogP contribution >= 0.6 is 22.7 Å². The van der Waals surface area contributed by atoms with Gasteiger partial charge in [0.25, 0.3) is 5.91 Å². The molecular weight excluding hydrogens is 348 g/mol. The first kappa shape index (κ1) is 17.9. The number of amides is 1. The second-order valence-corrected chi connectivity index (χ2v) is 7.97. The average molecular weight is 371 g/mol. The first-order chi connectivity index (χ1) is 12.1. The molecule has 0 radical (unpaired) electrons. The zero-order valence-electron chi connectivity index (χ0n) is 14.7. The summed E-state index contributed by atoms with van der Waals surface area (Å²) in [5, 5.41) is 9.30. The van der Waals surface area contributed by atoms with Crippen LogP contribution in [0.5, 0.6) is 0 Å². The van der Waals surface area contributed by atoms with Gasteiger partial charge in [0.1, 0.15) is 0 Å². The number of hydrogen-bond acceptors (Lipinski definition) is 4. The molecule has 3 nitrogen and oxygen atoms in total. The lowest BCUT2D eigenvalue weighted by Crippen LogP contribution is -2.34. The molecule has 0 unspecified atom stereocenters. The van der Waals surface area contributed by atoms with E-state index in [0.29, 0.717) is 6.54 Å². The predicted octanol–water partition coefficient (Wildman–Crippen LogP) is 4.82. The normalized spacial score (nSPS) is 12.3. The van der Waals surface area contributed by atoms with Crippen molar-refractivity contribution in [2.45, 2.75) is 13.0 Å². The van der Waals surface area contributed by atoms with Crippen LogP contribution in [-0.2, 0) is 0 Å². The number of likely N-dealkylation sites (N-methyl/N-ethyl adjacent to an activating group) is 1. The molecule has 130 valence electrons. The second kappa shape index (κ2) is 7.95. The highest BCUT2D eigenvalue weighted by Gasteiger charge is 2.19. The smallest absolute Gasteiger partial charge is 0.262 e. The molecule has 3 aromatic rings. The van der Waals surface area contributed by atoms with E-state index in [4.69, 9.17) is 0 Å². The summed E-state index contributed by atoms with van der Waals surface area (Å²) in [6.45, 7) is 2.66. The van der Waals surface area contributed by atoms with Crippen molar-refractivity contribution < 1.29 is 4.79 Å². The number of nitrogens with zero attached hydrogens (tertiary/aromatic N) is 1. The van der Waals surface area contributed by atoms with Crippen molar-refractivity contribution in [3.05, 3.63) is 68.5 Å². The van der Waals surface area contributed by atoms with E-state index in [1.54, 1.807) is 11.3 Å². The Morgan fingerprint density at radius 3 is 2.52 bits per heavy atom. The van der Waals surface area contributed by atoms with Gasteiger partial charge in [-0.2, -0.15) is 11.3 Å². The first-order valence-corrected chi connectivity index (χ1v) is 9.99. The lowest BCUT2D eigenvalue weighted by Gasteiger charge is -2.24. The Hall–Kier alpha value is -1.95. The number of carbonyl (C=O) groups excluding carboxylic acids is 1. The van der Waals surface area contributed by atoms with E-state index in [1.165, 1.54) is 22.5 Å². The Kier molecular flexibility index (Phi) is 5.68. The van der Waals surface area contributed by atoms with E-state index in [1.807, 2.05) is 25.5 Å². The average Bonchev–Trinajstić information content (AvgIpc) is 3.27. The minimum absolute atomic E-state index is 0.00680. The molecule has 2 aromatic heterocycles. The summed E-state index contributed by atoms with van der Waals surface area (Å²) in [4.78, 5) is 15.7. The lowest BCUT2D eigenvalue weighted by molar-refractivity contribution is 0.0946. The van der Waals surface area contributed by atoms with Gasteiger partial charge < -0.3 is 10.2 Å². The third-order valence-electron chi connectivity index (χ3n) is 4.24. The Morgan fingerprint density at radius 1 is 1.12 bits per heavy atom. The van der Waals surface area contributed by atoms with Gasteiger partial charge in [-0.25, -0.2) is 0 Å². The first-order valence-electron chi connectivity index (χ1n) is 8.17. The zero-order valence-corrected chi connectivity index (χ0v) is 16.3. The van der Waals surface area contributed by atoms with Crippen LogP contribution in [0.1, 0.15) is 26.8 Å². The van der Waals surface area contributed by atoms with Crippen LogP contribution in [0, 0.1) is 6.92 Å². The highest BCUT2D eigenvalue weighted by Crippen LogP contribution is 2.29. The SMILES string of the molecule is Cc1ccc(-c2ccsc2C(=O)NC[C@H](c2ccsc2)N(C)C)cc1. The van der Waals surface area contributed by atoms with Crippen molar-refractivity contribution in [3.8, 4) is 11.1 Å². The maximum Gasteiger partial charge on any atom is 0.262 e. The van der Waals surface area contributed by atoms with E-state index >= 15 is 0 Å². The minimum atomic E-state index is -0.00680. The number of thiophene rings is 2. The molecular formula is C20H22N2OS2. The molecule has 3 rings (SSSR count). The summed E-state index contributed by atoms with van der Waals surface area (Å²) in [7, 11) is 4.08. The Labute approximate surface area is 156 Å². The summed E-state index contributed by atoms with van der Waals surface area (Å²) >= 11 is 3.17. The standard InChI is InChI=1S/C20H22N2OS2/c1-14-4-6-15(7-5-14)17-9-11-25-19(17)20(23)21-12-18(22(2)3)16-8-10-24-13-16/h4-11,13,18H,12H2,1-3H3,(H,21,23)/t18-/m1/s1. The van der Waals surface area contributed by atoms with Crippen molar-refractivity contribution in [3.63, 3.8) is 0 Å². The summed E-state index contributed by atoms with van der Waals surface area (Å²) in [5.41, 5.74) is 4.54. The van der Waals surface area contributed by atoms with E-state index in [2.05, 4.69) is 58.2 Å². The topological polar surface area (TPSA) is 32.3 Å². The molecule has 0 aliphatic heterocycles. The molecule has 0 spiro atoms. The Morgan fingerprint density at radius 2 is 1.88 bits per heavy atom. The number of aryl methyl sites for hydroxylation is 1. The van der Waals surface area contributed by atoms with Crippen molar-refractivity contribution in [1.82, 2.24) is 10.2 Å². The van der Waals surface area contributed by atoms with Gasteiger partial charge in [-0.3, -0.25) is 4.79 Å². The number of nitrogens with one attached hydrogen (secondary N) is 1. The van der Waals surface area contributed by atoms with Crippen LogP contribution < -0.4 is 5.32 Å². The third kappa shape index (κ3) is 4.18. The molecule has 0 aliphatic rings. The maximum absolute atomic E-state index is 12.7. The van der Waals surface area contributed by atoms with Gasteiger partial charge in [0, 0.05) is 12.1 Å². The molecule has 0 saturated heterocycles. The summed E-state index contributed by atoms with van der Waals surface area (Å²) < 4.78 is 0. The highest BCUT2D eigenvalue weighted by atomic mass is 32.1. The Bertz CT molecular complexity index is 820. The molecule has 1 N–H and O–H groups in total. The number of hydrogen-bond donors (Lipinski definition) is 1. The van der Waals surface area contributed by atoms with Crippen LogP contribution in [0.4, 0.5) is 0 Å². The fraction of sp³-hybridized carbons (Fsp3) is 0.250. The van der Waals surface area contributed by atoms with E-state index < -0.39 is 0 Å². The minimum Gasteiger partial charge on any atom is -0.349 e. The molecule has 2 heterocycles. The van der Waals surface area contributed by atoms with Gasteiger partial charge in [0.15, 0.2) is 0 Å². The molecule has 1 atom stereocenters. The monoisotopic (exact) mass is 370 g/mol. The second-order valence-electron chi connectivity index (χ2n) is 6.28. The van der Waals surface area contributed by atoms with Gasteiger partial charge in [-0.15, -0.1) is 11.3 Å². The predicted molar refractivity (Wildman–Crippen MR) is 108 cm³/mol. The largest absolute Gasteiger partial charge is 0.349 e. The highest BCUT2D eigenvalue weighted by molar-refractivity contribution is 7.12. The van der Waals surface area contributed by atoms with Crippen LogP contribution in [-0.4, -0.2) is 31.4 Å². The molecule has 0 bridgehead atoms. The van der Waals surface area contributed by atoms with Crippen LogP contribution in [0.3, 0.4) is 0 Å². The number of rotatable bonds is 6. The van der Waals surface area contributed by atoms with Crippen LogP contribution in [0.25, 0.3) is 11.1 Å². The molecule has 0 fully saturated rings. The van der Waals surface area contributed by atoms with Gasteiger partial charge in [-0.1, -0.05) is 29.8 Å². The number of benzene rings is 1. The quantitative estimate of drug-likeness (QED) is 0.675. The van der Waals surface area contributed by atoms with Crippen molar-refractivity contribution in [2.75, 3.05) is 20.6 Å². The summed E-state index contributed by atoms with van der Waals surface area (Å²) in [6, 6.07) is 12.6.